The van der Waals surface area contributed by atoms with E-state index in [-0.39, 0.29) is 24.7 Å². The van der Waals surface area contributed by atoms with Crippen LogP contribution in [0.5, 0.6) is 11.5 Å². The zero-order valence-corrected chi connectivity index (χ0v) is 20.6. The van der Waals surface area contributed by atoms with E-state index < -0.39 is 5.97 Å². The number of carboxylic acids is 1. The van der Waals surface area contributed by atoms with Crippen LogP contribution in [0.1, 0.15) is 47.6 Å². The number of hydrogen-bond donors (Lipinski definition) is 2. The van der Waals surface area contributed by atoms with Crippen LogP contribution in [0.15, 0.2) is 84.9 Å². The first-order valence-corrected chi connectivity index (χ1v) is 12.4. The van der Waals surface area contributed by atoms with E-state index in [0.29, 0.717) is 5.75 Å². The Morgan fingerprint density at radius 1 is 1.06 bits per heavy atom. The number of aliphatic carboxylic acids is 1. The third-order valence-corrected chi connectivity index (χ3v) is 6.98. The molecule has 0 aliphatic carbocycles. The highest BCUT2D eigenvalue weighted by Gasteiger charge is 2.30. The molecule has 3 atom stereocenters. The highest BCUT2D eigenvalue weighted by atomic mass is 16.5. The Bertz CT molecular complexity index is 1380. The van der Waals surface area contributed by atoms with Crippen LogP contribution in [0.25, 0.3) is 10.8 Å². The number of hydrogen-bond acceptors (Lipinski definition) is 4. The Morgan fingerprint density at radius 2 is 1.83 bits per heavy atom. The summed E-state index contributed by atoms with van der Waals surface area (Å²) in [6.07, 6.45) is 0.867. The van der Waals surface area contributed by atoms with Crippen LogP contribution in [0.3, 0.4) is 0 Å². The summed E-state index contributed by atoms with van der Waals surface area (Å²) in [6, 6.07) is 29.4. The van der Waals surface area contributed by atoms with Gasteiger partial charge in [-0.3, -0.25) is 0 Å². The van der Waals surface area contributed by atoms with Crippen LogP contribution >= 0.6 is 0 Å². The molecule has 5 rings (SSSR count). The van der Waals surface area contributed by atoms with Gasteiger partial charge in [-0.15, -0.1) is 0 Å². The quantitative estimate of drug-likeness (QED) is 0.312. The third kappa shape index (κ3) is 5.07. The standard InChI is InChI=1S/C31H31NO4/c1-20-16-23(14-15-29(20)35-19-31(33)34)28-17-24(36-30-13-6-5-11-27(28)30)18-32-21(2)25-12-7-9-22-8-3-4-10-26(22)25/h3-16,21,24,28,32H,17-19H2,1-2H3,(H,33,34). The van der Waals surface area contributed by atoms with E-state index in [2.05, 4.69) is 66.8 Å². The summed E-state index contributed by atoms with van der Waals surface area (Å²) in [4.78, 5) is 10.9. The SMILES string of the molecule is Cc1cc(C2CC(CNC(C)c3cccc4ccccc34)Oc3ccccc32)ccc1OCC(=O)O. The van der Waals surface area contributed by atoms with Gasteiger partial charge >= 0.3 is 5.97 Å². The van der Waals surface area contributed by atoms with Crippen molar-refractivity contribution in [1.29, 1.82) is 0 Å². The largest absolute Gasteiger partial charge is 0.489 e. The first kappa shape index (κ1) is 23.9. The van der Waals surface area contributed by atoms with Crippen molar-refractivity contribution in [2.45, 2.75) is 38.3 Å². The Labute approximate surface area is 211 Å². The fourth-order valence-corrected chi connectivity index (χ4v) is 5.17. The van der Waals surface area contributed by atoms with Gasteiger partial charge in [0.2, 0.25) is 0 Å². The molecule has 0 saturated carbocycles. The van der Waals surface area contributed by atoms with Crippen molar-refractivity contribution in [3.8, 4) is 11.5 Å². The number of fused-ring (bicyclic) bond motifs is 2. The summed E-state index contributed by atoms with van der Waals surface area (Å²) in [5.41, 5.74) is 4.57. The van der Waals surface area contributed by atoms with E-state index in [0.717, 1.165) is 24.3 Å². The predicted octanol–water partition coefficient (Wildman–Crippen LogP) is 6.25. The molecule has 1 heterocycles. The lowest BCUT2D eigenvalue weighted by molar-refractivity contribution is -0.139. The summed E-state index contributed by atoms with van der Waals surface area (Å²) in [5, 5.41) is 15.2. The topological polar surface area (TPSA) is 67.8 Å². The molecule has 3 unspecified atom stereocenters. The van der Waals surface area contributed by atoms with Gasteiger partial charge in [0.15, 0.2) is 6.61 Å². The second-order valence-corrected chi connectivity index (χ2v) is 9.47. The van der Waals surface area contributed by atoms with Crippen LogP contribution in [-0.4, -0.2) is 30.3 Å². The molecule has 0 bridgehead atoms. The molecule has 5 nitrogen and oxygen atoms in total. The molecule has 1 aliphatic heterocycles. The maximum Gasteiger partial charge on any atom is 0.341 e. The lowest BCUT2D eigenvalue weighted by atomic mass is 9.83. The molecule has 4 aromatic carbocycles. The zero-order valence-electron chi connectivity index (χ0n) is 20.6. The van der Waals surface area contributed by atoms with Crippen molar-refractivity contribution >= 4 is 16.7 Å². The van der Waals surface area contributed by atoms with Gasteiger partial charge in [-0.2, -0.15) is 0 Å². The van der Waals surface area contributed by atoms with Crippen LogP contribution in [-0.2, 0) is 4.79 Å². The summed E-state index contributed by atoms with van der Waals surface area (Å²) in [5.74, 6) is 0.720. The molecule has 5 heteroatoms. The van der Waals surface area contributed by atoms with Crippen molar-refractivity contribution in [3.63, 3.8) is 0 Å². The maximum atomic E-state index is 10.9. The molecular formula is C31H31NO4. The van der Waals surface area contributed by atoms with Gasteiger partial charge in [0.1, 0.15) is 17.6 Å². The van der Waals surface area contributed by atoms with Gasteiger partial charge in [0.05, 0.1) is 0 Å². The van der Waals surface area contributed by atoms with Gasteiger partial charge in [-0.25, -0.2) is 4.79 Å². The van der Waals surface area contributed by atoms with Crippen LogP contribution in [0.4, 0.5) is 0 Å². The highest BCUT2D eigenvalue weighted by Crippen LogP contribution is 2.41. The first-order chi connectivity index (χ1) is 17.5. The lowest BCUT2D eigenvalue weighted by Gasteiger charge is -2.33. The van der Waals surface area contributed by atoms with Crippen molar-refractivity contribution in [2.75, 3.05) is 13.2 Å². The maximum absolute atomic E-state index is 10.9. The van der Waals surface area contributed by atoms with Crippen molar-refractivity contribution in [2.24, 2.45) is 0 Å². The minimum Gasteiger partial charge on any atom is -0.489 e. The summed E-state index contributed by atoms with van der Waals surface area (Å²) in [7, 11) is 0. The fourth-order valence-electron chi connectivity index (χ4n) is 5.17. The molecule has 0 spiro atoms. The van der Waals surface area contributed by atoms with E-state index in [4.69, 9.17) is 14.6 Å². The van der Waals surface area contributed by atoms with Gasteiger partial charge in [0.25, 0.3) is 0 Å². The molecule has 0 radical (unpaired) electrons. The van der Waals surface area contributed by atoms with Crippen molar-refractivity contribution in [3.05, 3.63) is 107 Å². The molecule has 0 aromatic heterocycles. The molecule has 0 amide bonds. The number of ether oxygens (including phenoxy) is 2. The second-order valence-electron chi connectivity index (χ2n) is 9.47. The Balaban J connectivity index is 1.34. The van der Waals surface area contributed by atoms with Crippen LogP contribution in [0.2, 0.25) is 0 Å². The van der Waals surface area contributed by atoms with Gasteiger partial charge in [-0.05, 0) is 59.9 Å². The molecular weight excluding hydrogens is 450 g/mol. The summed E-state index contributed by atoms with van der Waals surface area (Å²) in [6.45, 7) is 4.54. The lowest BCUT2D eigenvalue weighted by Crippen LogP contribution is -2.37. The smallest absolute Gasteiger partial charge is 0.341 e. The highest BCUT2D eigenvalue weighted by molar-refractivity contribution is 5.86. The fraction of sp³-hybridized carbons (Fsp3) is 0.258. The Morgan fingerprint density at radius 3 is 2.67 bits per heavy atom. The number of rotatable bonds is 8. The monoisotopic (exact) mass is 481 g/mol. The number of benzene rings is 4. The summed E-state index contributed by atoms with van der Waals surface area (Å²) >= 11 is 0. The van der Waals surface area contributed by atoms with Gasteiger partial charge in [-0.1, -0.05) is 72.8 Å². The number of carboxylic acid groups (broad SMARTS) is 1. The van der Waals surface area contributed by atoms with Gasteiger partial charge < -0.3 is 19.9 Å². The van der Waals surface area contributed by atoms with E-state index in [1.54, 1.807) is 0 Å². The number of nitrogens with one attached hydrogen (secondary N) is 1. The second kappa shape index (κ2) is 10.4. The van der Waals surface area contributed by atoms with Gasteiger partial charge in [0, 0.05) is 24.1 Å². The minimum atomic E-state index is -0.982. The number of para-hydroxylation sites is 1. The molecule has 4 aromatic rings. The molecule has 36 heavy (non-hydrogen) atoms. The zero-order chi connectivity index (χ0) is 25.1. The van der Waals surface area contributed by atoms with Crippen LogP contribution in [0, 0.1) is 6.92 Å². The summed E-state index contributed by atoms with van der Waals surface area (Å²) < 4.78 is 11.9. The van der Waals surface area contributed by atoms with Crippen molar-refractivity contribution in [1.82, 2.24) is 5.32 Å². The first-order valence-electron chi connectivity index (χ1n) is 12.4. The average Bonchev–Trinajstić information content (AvgIpc) is 2.90. The third-order valence-electron chi connectivity index (χ3n) is 6.98. The molecule has 0 saturated heterocycles. The molecule has 0 fully saturated rings. The average molecular weight is 482 g/mol. The van der Waals surface area contributed by atoms with E-state index >= 15 is 0 Å². The van der Waals surface area contributed by atoms with Crippen LogP contribution < -0.4 is 14.8 Å². The number of aryl methyl sites for hydroxylation is 1. The minimum absolute atomic E-state index is 0.0190. The number of carbonyl (C=O) groups is 1. The molecule has 2 N–H and O–H groups in total. The van der Waals surface area contributed by atoms with Crippen molar-refractivity contribution < 1.29 is 19.4 Å². The normalized spacial score (nSPS) is 17.7. The Hall–Kier alpha value is -3.83. The van der Waals surface area contributed by atoms with E-state index in [9.17, 15) is 4.79 Å². The Kier molecular flexibility index (Phi) is 6.92. The van der Waals surface area contributed by atoms with E-state index in [1.807, 2.05) is 37.3 Å². The molecule has 184 valence electrons. The van der Waals surface area contributed by atoms with E-state index in [1.165, 1.54) is 27.5 Å². The molecule has 1 aliphatic rings. The predicted molar refractivity (Wildman–Crippen MR) is 142 cm³/mol.